The van der Waals surface area contributed by atoms with Crippen molar-refractivity contribution in [1.82, 2.24) is 10.2 Å². The molecule has 0 saturated carbocycles. The van der Waals surface area contributed by atoms with Crippen molar-refractivity contribution >= 4 is 11.8 Å². The van der Waals surface area contributed by atoms with Crippen LogP contribution < -0.4 is 5.32 Å². The maximum atomic E-state index is 12.1. The predicted octanol–water partition coefficient (Wildman–Crippen LogP) is 1.14. The van der Waals surface area contributed by atoms with Gasteiger partial charge >= 0.3 is 0 Å². The average Bonchev–Trinajstić information content (AvgIpc) is 2.59. The van der Waals surface area contributed by atoms with E-state index < -0.39 is 18.0 Å². The van der Waals surface area contributed by atoms with Crippen LogP contribution in [0.25, 0.3) is 0 Å². The van der Waals surface area contributed by atoms with Crippen molar-refractivity contribution in [2.45, 2.75) is 25.8 Å². The lowest BCUT2D eigenvalue weighted by Gasteiger charge is -2.25. The van der Waals surface area contributed by atoms with Gasteiger partial charge in [-0.15, -0.1) is 0 Å². The molecule has 1 aliphatic heterocycles. The zero-order valence-electron chi connectivity index (χ0n) is 9.87. The molecule has 1 rings (SSSR count). The number of likely N-dealkylation sites (tertiary alicyclic amines) is 1. The van der Waals surface area contributed by atoms with E-state index in [2.05, 4.69) is 5.32 Å². The third-order valence-corrected chi connectivity index (χ3v) is 2.86. The van der Waals surface area contributed by atoms with Gasteiger partial charge in [0.2, 0.25) is 11.8 Å². The predicted molar refractivity (Wildman–Crippen MR) is 58.3 cm³/mol. The van der Waals surface area contributed by atoms with Crippen molar-refractivity contribution in [2.24, 2.45) is 5.92 Å². The first kappa shape index (κ1) is 13.6. The Kier molecular flexibility index (Phi) is 4.60. The molecule has 0 aromatic carbocycles. The number of amides is 2. The van der Waals surface area contributed by atoms with Gasteiger partial charge in [0.05, 0.1) is 0 Å². The van der Waals surface area contributed by atoms with Crippen LogP contribution in [0.15, 0.2) is 12.2 Å². The molecule has 0 aromatic rings. The highest BCUT2D eigenvalue weighted by Gasteiger charge is 2.35. The number of carbonyl (C=O) groups is 2. The van der Waals surface area contributed by atoms with E-state index in [1.807, 2.05) is 0 Å². The number of halogens is 2. The first-order chi connectivity index (χ1) is 7.99. The van der Waals surface area contributed by atoms with Gasteiger partial charge in [0.15, 0.2) is 0 Å². The van der Waals surface area contributed by atoms with Crippen LogP contribution in [-0.4, -0.2) is 36.3 Å². The molecule has 4 nitrogen and oxygen atoms in total. The van der Waals surface area contributed by atoms with Crippen LogP contribution in [0.1, 0.15) is 19.8 Å². The van der Waals surface area contributed by atoms with Crippen LogP contribution in [0.4, 0.5) is 8.78 Å². The molecule has 0 radical (unpaired) electrons. The first-order valence-electron chi connectivity index (χ1n) is 5.53. The van der Waals surface area contributed by atoms with Gasteiger partial charge in [0.25, 0.3) is 6.08 Å². The van der Waals surface area contributed by atoms with E-state index in [9.17, 15) is 18.4 Å². The molecule has 6 heteroatoms. The zero-order valence-corrected chi connectivity index (χ0v) is 9.87. The third kappa shape index (κ3) is 3.25. The van der Waals surface area contributed by atoms with Crippen LogP contribution in [-0.2, 0) is 9.59 Å². The highest BCUT2D eigenvalue weighted by molar-refractivity contribution is 5.88. The van der Waals surface area contributed by atoms with E-state index in [1.54, 1.807) is 6.92 Å². The highest BCUT2D eigenvalue weighted by atomic mass is 19.3. The van der Waals surface area contributed by atoms with Gasteiger partial charge in [-0.3, -0.25) is 9.59 Å². The zero-order chi connectivity index (χ0) is 13.0. The fourth-order valence-corrected chi connectivity index (χ4v) is 2.07. The topological polar surface area (TPSA) is 49.4 Å². The number of hydrogen-bond donors (Lipinski definition) is 1. The molecule has 0 aromatic heterocycles. The molecule has 2 atom stereocenters. The van der Waals surface area contributed by atoms with Crippen molar-refractivity contribution < 1.29 is 18.4 Å². The molecule has 1 aliphatic rings. The van der Waals surface area contributed by atoms with Crippen LogP contribution in [0.3, 0.4) is 0 Å². The quantitative estimate of drug-likeness (QED) is 0.808. The summed E-state index contributed by atoms with van der Waals surface area (Å²) in [5.41, 5.74) is 0. The Bertz CT molecular complexity index is 340. The SMILES string of the molecule is CCC(C(=O)NC)N1CC(C=C(F)F)CC1=O. The Balaban J connectivity index is 2.75. The third-order valence-electron chi connectivity index (χ3n) is 2.86. The van der Waals surface area contributed by atoms with Crippen molar-refractivity contribution in [1.29, 1.82) is 0 Å². The molecule has 1 N–H and O–H groups in total. The minimum atomic E-state index is -1.78. The van der Waals surface area contributed by atoms with Crippen molar-refractivity contribution in [3.05, 3.63) is 12.2 Å². The molecule has 1 heterocycles. The summed E-state index contributed by atoms with van der Waals surface area (Å²) in [6.07, 6.45) is -0.475. The van der Waals surface area contributed by atoms with Gasteiger partial charge in [-0.25, -0.2) is 0 Å². The number of carbonyl (C=O) groups excluding carboxylic acids is 2. The van der Waals surface area contributed by atoms with E-state index >= 15 is 0 Å². The Labute approximate surface area is 98.7 Å². The molecule has 17 heavy (non-hydrogen) atoms. The fraction of sp³-hybridized carbons (Fsp3) is 0.636. The van der Waals surface area contributed by atoms with Crippen LogP contribution >= 0.6 is 0 Å². The second kappa shape index (κ2) is 5.75. The monoisotopic (exact) mass is 246 g/mol. The fourth-order valence-electron chi connectivity index (χ4n) is 2.07. The Morgan fingerprint density at radius 1 is 1.65 bits per heavy atom. The number of rotatable bonds is 4. The summed E-state index contributed by atoms with van der Waals surface area (Å²) in [5, 5.41) is 2.47. The van der Waals surface area contributed by atoms with E-state index in [0.29, 0.717) is 6.42 Å². The summed E-state index contributed by atoms with van der Waals surface area (Å²) < 4.78 is 24.2. The summed E-state index contributed by atoms with van der Waals surface area (Å²) in [5.74, 6) is -1.000. The summed E-state index contributed by atoms with van der Waals surface area (Å²) in [4.78, 5) is 24.6. The second-order valence-corrected chi connectivity index (χ2v) is 4.00. The summed E-state index contributed by atoms with van der Waals surface area (Å²) in [7, 11) is 1.49. The van der Waals surface area contributed by atoms with Gasteiger partial charge in [0, 0.05) is 25.9 Å². The minimum absolute atomic E-state index is 0.0465. The highest BCUT2D eigenvalue weighted by Crippen LogP contribution is 2.24. The molecule has 1 saturated heterocycles. The van der Waals surface area contributed by atoms with Gasteiger partial charge in [0.1, 0.15) is 6.04 Å². The van der Waals surface area contributed by atoms with E-state index in [-0.39, 0.29) is 24.8 Å². The van der Waals surface area contributed by atoms with Crippen molar-refractivity contribution in [3.8, 4) is 0 Å². The lowest BCUT2D eigenvalue weighted by atomic mass is 10.1. The summed E-state index contributed by atoms with van der Waals surface area (Å²) >= 11 is 0. The minimum Gasteiger partial charge on any atom is -0.357 e. The van der Waals surface area contributed by atoms with Crippen molar-refractivity contribution in [2.75, 3.05) is 13.6 Å². The summed E-state index contributed by atoms with van der Waals surface area (Å²) in [6.45, 7) is 1.97. The molecule has 0 bridgehead atoms. The van der Waals surface area contributed by atoms with E-state index in [0.717, 1.165) is 6.08 Å². The Morgan fingerprint density at radius 3 is 2.76 bits per heavy atom. The van der Waals surface area contributed by atoms with Gasteiger partial charge in [-0.05, 0) is 12.5 Å². The maximum Gasteiger partial charge on any atom is 0.266 e. The van der Waals surface area contributed by atoms with Gasteiger partial charge in [-0.1, -0.05) is 6.92 Å². The van der Waals surface area contributed by atoms with Crippen LogP contribution in [0.5, 0.6) is 0 Å². The van der Waals surface area contributed by atoms with Crippen LogP contribution in [0.2, 0.25) is 0 Å². The number of nitrogens with one attached hydrogen (secondary N) is 1. The average molecular weight is 246 g/mol. The standard InChI is InChI=1S/C11H16F2N2O2/c1-3-8(11(17)14-2)15-6-7(4-9(12)13)5-10(15)16/h4,7-8H,3,5-6H2,1-2H3,(H,14,17). The first-order valence-corrected chi connectivity index (χ1v) is 5.53. The number of nitrogens with zero attached hydrogens (tertiary/aromatic N) is 1. The maximum absolute atomic E-state index is 12.1. The van der Waals surface area contributed by atoms with Crippen molar-refractivity contribution in [3.63, 3.8) is 0 Å². The van der Waals surface area contributed by atoms with Gasteiger partial charge < -0.3 is 10.2 Å². The van der Waals surface area contributed by atoms with E-state index in [4.69, 9.17) is 0 Å². The second-order valence-electron chi connectivity index (χ2n) is 4.00. The normalized spacial score (nSPS) is 21.3. The molecule has 0 aliphatic carbocycles. The number of hydrogen-bond acceptors (Lipinski definition) is 2. The molecular formula is C11H16F2N2O2. The molecule has 96 valence electrons. The lowest BCUT2D eigenvalue weighted by molar-refractivity contribution is -0.137. The Hall–Kier alpha value is -1.46. The molecule has 1 fully saturated rings. The molecule has 2 amide bonds. The molecular weight excluding hydrogens is 230 g/mol. The molecule has 2 unspecified atom stereocenters. The van der Waals surface area contributed by atoms with E-state index in [1.165, 1.54) is 11.9 Å². The number of likely N-dealkylation sites (N-methyl/N-ethyl adjacent to an activating group) is 1. The van der Waals surface area contributed by atoms with Crippen LogP contribution in [0, 0.1) is 5.92 Å². The Morgan fingerprint density at radius 2 is 2.29 bits per heavy atom. The smallest absolute Gasteiger partial charge is 0.266 e. The lowest BCUT2D eigenvalue weighted by Crippen LogP contribution is -2.46. The largest absolute Gasteiger partial charge is 0.357 e. The van der Waals surface area contributed by atoms with Gasteiger partial charge in [-0.2, -0.15) is 8.78 Å². The molecule has 0 spiro atoms. The summed E-state index contributed by atoms with van der Waals surface area (Å²) in [6, 6.07) is -0.562.